The van der Waals surface area contributed by atoms with Crippen molar-refractivity contribution >= 4 is 35.2 Å². The molecule has 8 nitrogen and oxygen atoms in total. The highest BCUT2D eigenvalue weighted by Crippen LogP contribution is 2.22. The number of urea groups is 1. The zero-order valence-electron chi connectivity index (χ0n) is 13.6. The molecule has 1 heterocycles. The molecule has 0 bridgehead atoms. The van der Waals surface area contributed by atoms with Crippen LogP contribution in [0.25, 0.3) is 0 Å². The van der Waals surface area contributed by atoms with Crippen molar-refractivity contribution in [3.05, 3.63) is 22.4 Å². The van der Waals surface area contributed by atoms with Gasteiger partial charge in [0, 0.05) is 18.3 Å². The van der Waals surface area contributed by atoms with E-state index in [2.05, 4.69) is 10.6 Å². The van der Waals surface area contributed by atoms with E-state index in [1.165, 1.54) is 18.3 Å². The highest BCUT2D eigenvalue weighted by atomic mass is 32.1. The lowest BCUT2D eigenvalue weighted by molar-refractivity contribution is -0.148. The molecule has 0 saturated carbocycles. The Labute approximate surface area is 143 Å². The number of rotatable bonds is 8. The molecule has 24 heavy (non-hydrogen) atoms. The third-order valence-electron chi connectivity index (χ3n) is 2.79. The monoisotopic (exact) mass is 355 g/mol. The normalized spacial score (nSPS) is 11.2. The van der Waals surface area contributed by atoms with Crippen molar-refractivity contribution in [3.63, 3.8) is 0 Å². The quantitative estimate of drug-likeness (QED) is 0.604. The number of thiophene rings is 1. The molecule has 1 aromatic heterocycles. The SMILES string of the molecule is CCCNC(=O)NC(=O)COC(=O)CC(NC(C)=O)c1cccs1. The minimum absolute atomic E-state index is 0.102. The van der Waals surface area contributed by atoms with Crippen molar-refractivity contribution in [2.24, 2.45) is 0 Å². The number of hydrogen-bond donors (Lipinski definition) is 3. The Morgan fingerprint density at radius 1 is 1.29 bits per heavy atom. The van der Waals surface area contributed by atoms with Gasteiger partial charge < -0.3 is 15.4 Å². The van der Waals surface area contributed by atoms with Crippen LogP contribution in [-0.4, -0.2) is 37.0 Å². The Kier molecular flexibility index (Phi) is 8.48. The van der Waals surface area contributed by atoms with Gasteiger partial charge in [0.1, 0.15) is 0 Å². The summed E-state index contributed by atoms with van der Waals surface area (Å²) in [6.07, 6.45) is 0.638. The molecule has 1 aromatic rings. The number of hydrogen-bond acceptors (Lipinski definition) is 6. The number of imide groups is 1. The fourth-order valence-electron chi connectivity index (χ4n) is 1.77. The average Bonchev–Trinajstić information content (AvgIpc) is 3.04. The van der Waals surface area contributed by atoms with E-state index in [4.69, 9.17) is 4.74 Å². The van der Waals surface area contributed by atoms with E-state index < -0.39 is 30.6 Å². The van der Waals surface area contributed by atoms with Gasteiger partial charge in [-0.15, -0.1) is 11.3 Å². The zero-order chi connectivity index (χ0) is 17.9. The average molecular weight is 355 g/mol. The molecule has 9 heteroatoms. The van der Waals surface area contributed by atoms with Gasteiger partial charge in [0.25, 0.3) is 5.91 Å². The number of amides is 4. The van der Waals surface area contributed by atoms with Gasteiger partial charge in [0.2, 0.25) is 5.91 Å². The van der Waals surface area contributed by atoms with E-state index in [9.17, 15) is 19.2 Å². The molecule has 0 radical (unpaired) electrons. The number of nitrogens with one attached hydrogen (secondary N) is 3. The second-order valence-electron chi connectivity index (χ2n) is 4.94. The van der Waals surface area contributed by atoms with E-state index in [0.717, 1.165) is 11.3 Å². The van der Waals surface area contributed by atoms with E-state index in [-0.39, 0.29) is 12.3 Å². The summed E-state index contributed by atoms with van der Waals surface area (Å²) in [7, 11) is 0. The maximum Gasteiger partial charge on any atom is 0.321 e. The molecule has 1 unspecified atom stereocenters. The molecular weight excluding hydrogens is 334 g/mol. The van der Waals surface area contributed by atoms with Crippen LogP contribution in [-0.2, 0) is 19.1 Å². The topological polar surface area (TPSA) is 114 Å². The van der Waals surface area contributed by atoms with E-state index in [0.29, 0.717) is 6.54 Å². The summed E-state index contributed by atoms with van der Waals surface area (Å²) < 4.78 is 4.84. The molecule has 3 N–H and O–H groups in total. The highest BCUT2D eigenvalue weighted by Gasteiger charge is 2.20. The molecule has 0 aliphatic heterocycles. The van der Waals surface area contributed by atoms with Gasteiger partial charge in [0.05, 0.1) is 12.5 Å². The van der Waals surface area contributed by atoms with Crippen LogP contribution in [0.2, 0.25) is 0 Å². The fraction of sp³-hybridized carbons (Fsp3) is 0.467. The molecular formula is C15H21N3O5S. The predicted octanol–water partition coefficient (Wildman–Crippen LogP) is 1.09. The highest BCUT2D eigenvalue weighted by molar-refractivity contribution is 7.10. The minimum Gasteiger partial charge on any atom is -0.455 e. The van der Waals surface area contributed by atoms with E-state index in [1.54, 1.807) is 6.07 Å². The third kappa shape index (κ3) is 7.73. The number of carbonyl (C=O) groups is 4. The summed E-state index contributed by atoms with van der Waals surface area (Å²) in [6, 6.07) is 2.46. The minimum atomic E-state index is -0.718. The second-order valence-corrected chi connectivity index (χ2v) is 5.92. The zero-order valence-corrected chi connectivity index (χ0v) is 14.4. The van der Waals surface area contributed by atoms with E-state index >= 15 is 0 Å². The number of carbonyl (C=O) groups excluding carboxylic acids is 4. The van der Waals surface area contributed by atoms with Crippen LogP contribution >= 0.6 is 11.3 Å². The molecule has 1 rings (SSSR count). The van der Waals surface area contributed by atoms with Gasteiger partial charge in [0.15, 0.2) is 6.61 Å². The molecule has 132 valence electrons. The first-order valence-electron chi connectivity index (χ1n) is 7.46. The van der Waals surface area contributed by atoms with Crippen molar-refractivity contribution in [1.29, 1.82) is 0 Å². The Balaban J connectivity index is 2.41. The van der Waals surface area contributed by atoms with Crippen LogP contribution in [0.1, 0.15) is 37.6 Å². The Morgan fingerprint density at radius 2 is 2.04 bits per heavy atom. The first kappa shape index (κ1) is 19.6. The summed E-state index contributed by atoms with van der Waals surface area (Å²) in [5.41, 5.74) is 0. The van der Waals surface area contributed by atoms with Gasteiger partial charge in [-0.3, -0.25) is 19.7 Å². The smallest absolute Gasteiger partial charge is 0.321 e. The molecule has 0 aliphatic carbocycles. The molecule has 1 atom stereocenters. The number of esters is 1. The van der Waals surface area contributed by atoms with E-state index in [1.807, 2.05) is 23.7 Å². The lowest BCUT2D eigenvalue weighted by atomic mass is 10.1. The summed E-state index contributed by atoms with van der Waals surface area (Å²) in [5, 5.41) is 9.01. The third-order valence-corrected chi connectivity index (χ3v) is 3.77. The lowest BCUT2D eigenvalue weighted by Crippen LogP contribution is -2.41. The van der Waals surface area contributed by atoms with Crippen molar-refractivity contribution in [2.45, 2.75) is 32.7 Å². The van der Waals surface area contributed by atoms with Crippen molar-refractivity contribution in [1.82, 2.24) is 16.0 Å². The Bertz CT molecular complexity index is 574. The molecule has 0 spiro atoms. The van der Waals surface area contributed by atoms with Gasteiger partial charge in [-0.25, -0.2) is 4.79 Å². The standard InChI is InChI=1S/C15H21N3O5S/c1-3-6-16-15(22)18-13(20)9-23-14(21)8-11(17-10(2)19)12-5-4-7-24-12/h4-5,7,11H,3,6,8-9H2,1-2H3,(H,17,19)(H2,16,18,20,22). The largest absolute Gasteiger partial charge is 0.455 e. The molecule has 0 aliphatic rings. The predicted molar refractivity (Wildman–Crippen MR) is 88.3 cm³/mol. The molecule has 0 aromatic carbocycles. The Hall–Kier alpha value is -2.42. The first-order valence-corrected chi connectivity index (χ1v) is 8.34. The fourth-order valence-corrected chi connectivity index (χ4v) is 2.55. The van der Waals surface area contributed by atoms with Gasteiger partial charge in [-0.1, -0.05) is 13.0 Å². The van der Waals surface area contributed by atoms with Crippen LogP contribution in [0.5, 0.6) is 0 Å². The van der Waals surface area contributed by atoms with Crippen LogP contribution < -0.4 is 16.0 Å². The second kappa shape index (κ2) is 10.4. The first-order chi connectivity index (χ1) is 11.4. The molecule has 4 amide bonds. The summed E-state index contributed by atoms with van der Waals surface area (Å²) in [5.74, 6) is -1.64. The van der Waals surface area contributed by atoms with Crippen molar-refractivity contribution in [2.75, 3.05) is 13.2 Å². The summed E-state index contributed by atoms with van der Waals surface area (Å²) in [6.45, 7) is 3.12. The Morgan fingerprint density at radius 3 is 2.62 bits per heavy atom. The van der Waals surface area contributed by atoms with Crippen LogP contribution in [0.15, 0.2) is 17.5 Å². The van der Waals surface area contributed by atoms with Crippen LogP contribution in [0.4, 0.5) is 4.79 Å². The van der Waals surface area contributed by atoms with Gasteiger partial charge >= 0.3 is 12.0 Å². The number of ether oxygens (including phenoxy) is 1. The molecule has 0 saturated heterocycles. The van der Waals surface area contributed by atoms with Crippen LogP contribution in [0, 0.1) is 0 Å². The van der Waals surface area contributed by atoms with Gasteiger partial charge in [-0.2, -0.15) is 0 Å². The van der Waals surface area contributed by atoms with Crippen LogP contribution in [0.3, 0.4) is 0 Å². The van der Waals surface area contributed by atoms with Gasteiger partial charge in [-0.05, 0) is 17.9 Å². The maximum atomic E-state index is 11.8. The summed E-state index contributed by atoms with van der Waals surface area (Å²) >= 11 is 1.40. The maximum absolute atomic E-state index is 11.8. The summed E-state index contributed by atoms with van der Waals surface area (Å²) in [4.78, 5) is 46.7. The van der Waals surface area contributed by atoms with Crippen molar-refractivity contribution < 1.29 is 23.9 Å². The van der Waals surface area contributed by atoms with Crippen molar-refractivity contribution in [3.8, 4) is 0 Å². The lowest BCUT2D eigenvalue weighted by Gasteiger charge is -2.15. The molecule has 0 fully saturated rings.